The molecule has 0 spiro atoms. The summed E-state index contributed by atoms with van der Waals surface area (Å²) in [6, 6.07) is 14.8. The van der Waals surface area contributed by atoms with Crippen LogP contribution in [0.1, 0.15) is 35.7 Å². The summed E-state index contributed by atoms with van der Waals surface area (Å²) in [5.74, 6) is 1.28. The highest BCUT2D eigenvalue weighted by Gasteiger charge is 2.11. The Kier molecular flexibility index (Phi) is 7.71. The van der Waals surface area contributed by atoms with Gasteiger partial charge in [0, 0.05) is 16.3 Å². The molecule has 5 nitrogen and oxygen atoms in total. The molecule has 3 rings (SSSR count). The first-order valence-electron chi connectivity index (χ1n) is 8.89. The molecule has 146 valence electrons. The maximum Gasteiger partial charge on any atom is 0.257 e. The van der Waals surface area contributed by atoms with Crippen molar-refractivity contribution in [3.05, 3.63) is 64.7 Å². The van der Waals surface area contributed by atoms with Gasteiger partial charge in [0.1, 0.15) is 5.75 Å². The third kappa shape index (κ3) is 6.22. The number of carbonyl (C=O) groups excluding carboxylic acids is 1. The van der Waals surface area contributed by atoms with Crippen LogP contribution >= 0.6 is 34.7 Å². The number of amides is 1. The van der Waals surface area contributed by atoms with Gasteiger partial charge in [-0.15, -0.1) is 10.2 Å². The van der Waals surface area contributed by atoms with E-state index in [9.17, 15) is 4.79 Å². The molecule has 2 aromatic carbocycles. The Morgan fingerprint density at radius 3 is 2.79 bits per heavy atom. The Labute approximate surface area is 177 Å². The summed E-state index contributed by atoms with van der Waals surface area (Å²) in [7, 11) is 0. The summed E-state index contributed by atoms with van der Waals surface area (Å²) in [4.78, 5) is 12.4. The molecule has 0 unspecified atom stereocenters. The molecule has 1 amide bonds. The van der Waals surface area contributed by atoms with E-state index < -0.39 is 0 Å². The molecule has 0 radical (unpaired) electrons. The molecule has 0 aliphatic carbocycles. The molecule has 0 atom stereocenters. The van der Waals surface area contributed by atoms with Crippen LogP contribution in [0.3, 0.4) is 0 Å². The summed E-state index contributed by atoms with van der Waals surface area (Å²) in [5.41, 5.74) is 1.66. The Bertz CT molecular complexity index is 916. The Morgan fingerprint density at radius 1 is 1.21 bits per heavy atom. The van der Waals surface area contributed by atoms with Crippen LogP contribution in [-0.2, 0) is 5.75 Å². The van der Waals surface area contributed by atoms with Crippen LogP contribution < -0.4 is 10.1 Å². The lowest BCUT2D eigenvalue weighted by atomic mass is 10.2. The van der Waals surface area contributed by atoms with Crippen molar-refractivity contribution >= 4 is 45.7 Å². The van der Waals surface area contributed by atoms with Crippen LogP contribution in [0.2, 0.25) is 5.02 Å². The van der Waals surface area contributed by atoms with Gasteiger partial charge in [0.2, 0.25) is 5.13 Å². The number of unbranched alkanes of at least 4 members (excludes halogenated alkanes) is 1. The van der Waals surface area contributed by atoms with Gasteiger partial charge in [0.25, 0.3) is 5.91 Å². The highest BCUT2D eigenvalue weighted by atomic mass is 35.5. The van der Waals surface area contributed by atoms with Crippen molar-refractivity contribution in [2.24, 2.45) is 0 Å². The van der Waals surface area contributed by atoms with E-state index in [-0.39, 0.29) is 5.91 Å². The van der Waals surface area contributed by atoms with Crippen molar-refractivity contribution in [1.82, 2.24) is 10.2 Å². The molecular weight excluding hydrogens is 414 g/mol. The maximum absolute atomic E-state index is 12.4. The Balaban J connectivity index is 1.52. The SMILES string of the molecule is CCCCOc1ccc(C(=O)Nc2nnc(SCc3cccc(Cl)c3)s2)cc1. The van der Waals surface area contributed by atoms with Crippen LogP contribution in [0.25, 0.3) is 0 Å². The largest absolute Gasteiger partial charge is 0.494 e. The number of rotatable bonds is 9. The summed E-state index contributed by atoms with van der Waals surface area (Å²) in [6.45, 7) is 2.80. The first-order chi connectivity index (χ1) is 13.6. The summed E-state index contributed by atoms with van der Waals surface area (Å²) in [5, 5.41) is 12.1. The smallest absolute Gasteiger partial charge is 0.257 e. The van der Waals surface area contributed by atoms with Gasteiger partial charge in [-0.05, 0) is 48.4 Å². The van der Waals surface area contributed by atoms with Crippen LogP contribution in [-0.4, -0.2) is 22.7 Å². The number of nitrogens with zero attached hydrogens (tertiary/aromatic N) is 2. The van der Waals surface area contributed by atoms with E-state index in [1.54, 1.807) is 36.0 Å². The van der Waals surface area contributed by atoms with E-state index in [1.165, 1.54) is 11.3 Å². The molecular formula is C20H20ClN3O2S2. The van der Waals surface area contributed by atoms with Gasteiger partial charge >= 0.3 is 0 Å². The van der Waals surface area contributed by atoms with Gasteiger partial charge in [-0.2, -0.15) is 0 Å². The molecule has 1 aromatic heterocycles. The highest BCUT2D eigenvalue weighted by Crippen LogP contribution is 2.29. The molecule has 0 aliphatic heterocycles. The number of benzene rings is 2. The molecule has 0 bridgehead atoms. The number of ether oxygens (including phenoxy) is 1. The van der Waals surface area contributed by atoms with Crippen molar-refractivity contribution in [2.75, 3.05) is 11.9 Å². The molecule has 0 fully saturated rings. The molecule has 1 heterocycles. The number of carbonyl (C=O) groups is 1. The predicted molar refractivity (Wildman–Crippen MR) is 116 cm³/mol. The summed E-state index contributed by atoms with van der Waals surface area (Å²) < 4.78 is 6.40. The molecule has 3 aromatic rings. The number of hydrogen-bond acceptors (Lipinski definition) is 6. The molecule has 28 heavy (non-hydrogen) atoms. The third-order valence-corrected chi connectivity index (χ3v) is 6.04. The van der Waals surface area contributed by atoms with E-state index in [4.69, 9.17) is 16.3 Å². The zero-order valence-corrected chi connectivity index (χ0v) is 17.7. The monoisotopic (exact) mass is 433 g/mol. The van der Waals surface area contributed by atoms with Gasteiger partial charge in [-0.3, -0.25) is 10.1 Å². The minimum absolute atomic E-state index is 0.220. The van der Waals surface area contributed by atoms with Gasteiger partial charge in [0.15, 0.2) is 4.34 Å². The fourth-order valence-corrected chi connectivity index (χ4v) is 4.20. The average Bonchev–Trinajstić information content (AvgIpc) is 3.14. The second kappa shape index (κ2) is 10.5. The average molecular weight is 434 g/mol. The Hall–Kier alpha value is -2.09. The van der Waals surface area contributed by atoms with Crippen molar-refractivity contribution < 1.29 is 9.53 Å². The van der Waals surface area contributed by atoms with Crippen molar-refractivity contribution in [3.8, 4) is 5.75 Å². The topological polar surface area (TPSA) is 64.1 Å². The van der Waals surface area contributed by atoms with Crippen molar-refractivity contribution in [3.63, 3.8) is 0 Å². The van der Waals surface area contributed by atoms with Gasteiger partial charge in [0.05, 0.1) is 6.61 Å². The second-order valence-electron chi connectivity index (χ2n) is 5.97. The van der Waals surface area contributed by atoms with Crippen LogP contribution in [0.5, 0.6) is 5.75 Å². The quantitative estimate of drug-likeness (QED) is 0.258. The number of anilines is 1. The first-order valence-corrected chi connectivity index (χ1v) is 11.1. The van der Waals surface area contributed by atoms with Crippen LogP contribution in [0.15, 0.2) is 52.9 Å². The van der Waals surface area contributed by atoms with Crippen LogP contribution in [0, 0.1) is 0 Å². The van der Waals surface area contributed by atoms with E-state index in [0.29, 0.717) is 22.3 Å². The lowest BCUT2D eigenvalue weighted by Gasteiger charge is -2.06. The molecule has 0 saturated carbocycles. The van der Waals surface area contributed by atoms with E-state index in [2.05, 4.69) is 22.4 Å². The van der Waals surface area contributed by atoms with Gasteiger partial charge in [-0.1, -0.05) is 60.2 Å². The lowest BCUT2D eigenvalue weighted by molar-refractivity contribution is 0.102. The standard InChI is InChI=1S/C20H20ClN3O2S2/c1-2-3-11-26-17-9-7-15(8-10-17)18(25)22-19-23-24-20(28-19)27-13-14-5-4-6-16(21)12-14/h4-10,12H,2-3,11,13H2,1H3,(H,22,23,25). The van der Waals surface area contributed by atoms with Gasteiger partial charge < -0.3 is 4.74 Å². The van der Waals surface area contributed by atoms with E-state index in [0.717, 1.165) is 34.2 Å². The Morgan fingerprint density at radius 2 is 2.04 bits per heavy atom. The predicted octanol–water partition coefficient (Wildman–Crippen LogP) is 5.92. The van der Waals surface area contributed by atoms with Gasteiger partial charge in [-0.25, -0.2) is 0 Å². The second-order valence-corrected chi connectivity index (χ2v) is 8.61. The molecule has 0 aliphatic rings. The number of hydrogen-bond donors (Lipinski definition) is 1. The van der Waals surface area contributed by atoms with Crippen molar-refractivity contribution in [1.29, 1.82) is 0 Å². The minimum atomic E-state index is -0.220. The van der Waals surface area contributed by atoms with Crippen LogP contribution in [0.4, 0.5) is 5.13 Å². The van der Waals surface area contributed by atoms with E-state index >= 15 is 0 Å². The number of halogens is 1. The third-order valence-electron chi connectivity index (χ3n) is 3.76. The fraction of sp³-hybridized carbons (Fsp3) is 0.250. The highest BCUT2D eigenvalue weighted by molar-refractivity contribution is 8.00. The zero-order valence-electron chi connectivity index (χ0n) is 15.4. The number of thioether (sulfide) groups is 1. The molecule has 0 saturated heterocycles. The fourth-order valence-electron chi connectivity index (χ4n) is 2.30. The summed E-state index contributed by atoms with van der Waals surface area (Å²) in [6.07, 6.45) is 2.10. The molecule has 1 N–H and O–H groups in total. The number of aromatic nitrogens is 2. The van der Waals surface area contributed by atoms with E-state index in [1.807, 2.05) is 24.3 Å². The number of nitrogens with one attached hydrogen (secondary N) is 1. The molecule has 8 heteroatoms. The minimum Gasteiger partial charge on any atom is -0.494 e. The first kappa shape index (κ1) is 20.6. The van der Waals surface area contributed by atoms with Crippen molar-refractivity contribution in [2.45, 2.75) is 29.9 Å². The lowest BCUT2D eigenvalue weighted by Crippen LogP contribution is -2.11. The maximum atomic E-state index is 12.4. The normalized spacial score (nSPS) is 10.6. The summed E-state index contributed by atoms with van der Waals surface area (Å²) >= 11 is 8.90. The zero-order chi connectivity index (χ0) is 19.8.